The Balaban J connectivity index is 2.03. The van der Waals surface area contributed by atoms with E-state index in [1.807, 2.05) is 4.90 Å². The molecular weight excluding hydrogens is 106 g/mol. The van der Waals surface area contributed by atoms with Gasteiger partial charge in [0.15, 0.2) is 0 Å². The molecule has 0 aromatic rings. The SMILES string of the molecule is O=CC1C2OCCN12. The van der Waals surface area contributed by atoms with E-state index in [9.17, 15) is 4.79 Å². The molecule has 0 saturated carbocycles. The quantitative estimate of drug-likeness (QED) is 0.330. The molecule has 0 radical (unpaired) electrons. The molecule has 0 aliphatic carbocycles. The molecule has 0 bridgehead atoms. The normalized spacial score (nSPS) is 50.8. The van der Waals surface area contributed by atoms with Crippen LogP contribution in [-0.2, 0) is 9.53 Å². The molecule has 3 nitrogen and oxygen atoms in total. The van der Waals surface area contributed by atoms with Gasteiger partial charge in [-0.1, -0.05) is 0 Å². The second-order valence-corrected chi connectivity index (χ2v) is 2.13. The molecular formula is C5H7NO2. The fraction of sp³-hybridized carbons (Fsp3) is 0.800. The van der Waals surface area contributed by atoms with E-state index in [2.05, 4.69) is 0 Å². The maximum Gasteiger partial charge on any atom is 0.141 e. The van der Waals surface area contributed by atoms with Crippen LogP contribution < -0.4 is 0 Å². The van der Waals surface area contributed by atoms with Crippen LogP contribution in [0.15, 0.2) is 0 Å². The molecule has 44 valence electrons. The van der Waals surface area contributed by atoms with Gasteiger partial charge in [0.25, 0.3) is 0 Å². The third-order valence-electron chi connectivity index (χ3n) is 1.69. The van der Waals surface area contributed by atoms with Gasteiger partial charge >= 0.3 is 0 Å². The summed E-state index contributed by atoms with van der Waals surface area (Å²) in [5, 5.41) is 0. The number of aldehydes is 1. The van der Waals surface area contributed by atoms with Crippen molar-refractivity contribution in [1.82, 2.24) is 4.90 Å². The smallest absolute Gasteiger partial charge is 0.141 e. The molecule has 2 rings (SSSR count). The monoisotopic (exact) mass is 113 g/mol. The van der Waals surface area contributed by atoms with E-state index in [1.54, 1.807) is 0 Å². The lowest BCUT2D eigenvalue weighted by Crippen LogP contribution is -2.08. The van der Waals surface area contributed by atoms with Gasteiger partial charge in [-0.25, -0.2) is 0 Å². The Bertz CT molecular complexity index is 116. The molecule has 0 spiro atoms. The van der Waals surface area contributed by atoms with Crippen molar-refractivity contribution in [3.8, 4) is 0 Å². The van der Waals surface area contributed by atoms with E-state index in [-0.39, 0.29) is 12.3 Å². The van der Waals surface area contributed by atoms with Crippen LogP contribution in [0.1, 0.15) is 0 Å². The number of morpholine rings is 1. The van der Waals surface area contributed by atoms with Crippen molar-refractivity contribution < 1.29 is 9.53 Å². The molecule has 3 heteroatoms. The van der Waals surface area contributed by atoms with Crippen LogP contribution in [-0.4, -0.2) is 36.6 Å². The summed E-state index contributed by atoms with van der Waals surface area (Å²) in [5.41, 5.74) is 0. The second kappa shape index (κ2) is 1.30. The standard InChI is InChI=1S/C5H7NO2/c7-3-4-5-6(4)1-2-8-5/h3-5H,1-2H2. The predicted molar refractivity (Wildman–Crippen MR) is 26.3 cm³/mol. The summed E-state index contributed by atoms with van der Waals surface area (Å²) in [6, 6.07) is 0.101. The second-order valence-electron chi connectivity index (χ2n) is 2.13. The molecule has 0 aromatic carbocycles. The van der Waals surface area contributed by atoms with Gasteiger partial charge in [0.1, 0.15) is 18.6 Å². The van der Waals surface area contributed by atoms with E-state index in [0.717, 1.165) is 19.4 Å². The molecule has 2 aliphatic rings. The Morgan fingerprint density at radius 1 is 1.75 bits per heavy atom. The van der Waals surface area contributed by atoms with Crippen molar-refractivity contribution >= 4 is 6.29 Å². The predicted octanol–water partition coefficient (Wildman–Crippen LogP) is -0.774. The van der Waals surface area contributed by atoms with Crippen LogP contribution in [0.3, 0.4) is 0 Å². The largest absolute Gasteiger partial charge is 0.360 e. The van der Waals surface area contributed by atoms with Crippen LogP contribution in [0, 0.1) is 0 Å². The molecule has 2 saturated heterocycles. The molecule has 3 atom stereocenters. The highest BCUT2D eigenvalue weighted by Crippen LogP contribution is 2.31. The number of carbonyl (C=O) groups excluding carboxylic acids is 1. The summed E-state index contributed by atoms with van der Waals surface area (Å²) in [7, 11) is 0. The summed E-state index contributed by atoms with van der Waals surface area (Å²) in [6.07, 6.45) is 1.11. The number of fused-ring (bicyclic) bond motifs is 1. The lowest BCUT2D eigenvalue weighted by molar-refractivity contribution is -0.108. The summed E-state index contributed by atoms with van der Waals surface area (Å²) < 4.78 is 5.13. The molecule has 2 fully saturated rings. The van der Waals surface area contributed by atoms with Gasteiger partial charge in [-0.15, -0.1) is 0 Å². The number of nitrogens with zero attached hydrogens (tertiary/aromatic N) is 1. The van der Waals surface area contributed by atoms with Crippen LogP contribution >= 0.6 is 0 Å². The first-order valence-corrected chi connectivity index (χ1v) is 2.76. The van der Waals surface area contributed by atoms with Gasteiger partial charge in [-0.05, 0) is 0 Å². The lowest BCUT2D eigenvalue weighted by atomic mass is 10.5. The first kappa shape index (κ1) is 4.47. The summed E-state index contributed by atoms with van der Waals surface area (Å²) in [6.45, 7) is 1.74. The minimum atomic E-state index is 0.101. The Morgan fingerprint density at radius 3 is 3.00 bits per heavy atom. The van der Waals surface area contributed by atoms with Gasteiger partial charge in [0, 0.05) is 6.54 Å². The summed E-state index contributed by atoms with van der Waals surface area (Å²) in [4.78, 5) is 12.1. The van der Waals surface area contributed by atoms with Crippen molar-refractivity contribution in [2.75, 3.05) is 13.2 Å². The third-order valence-corrected chi connectivity index (χ3v) is 1.69. The zero-order chi connectivity index (χ0) is 5.56. The Labute approximate surface area is 47.2 Å². The van der Waals surface area contributed by atoms with E-state index >= 15 is 0 Å². The van der Waals surface area contributed by atoms with Crippen molar-refractivity contribution in [3.05, 3.63) is 0 Å². The Hall–Kier alpha value is -0.410. The van der Waals surface area contributed by atoms with E-state index in [1.165, 1.54) is 0 Å². The van der Waals surface area contributed by atoms with Crippen molar-refractivity contribution in [2.24, 2.45) is 0 Å². The van der Waals surface area contributed by atoms with Crippen molar-refractivity contribution in [2.45, 2.75) is 12.3 Å². The molecule has 2 aliphatic heterocycles. The van der Waals surface area contributed by atoms with E-state index in [4.69, 9.17) is 4.74 Å². The zero-order valence-electron chi connectivity index (χ0n) is 4.41. The van der Waals surface area contributed by atoms with E-state index < -0.39 is 0 Å². The van der Waals surface area contributed by atoms with Crippen molar-refractivity contribution in [3.63, 3.8) is 0 Å². The Morgan fingerprint density at radius 2 is 2.62 bits per heavy atom. The fourth-order valence-electron chi connectivity index (χ4n) is 1.17. The molecule has 0 amide bonds. The third kappa shape index (κ3) is 0.381. The van der Waals surface area contributed by atoms with Crippen LogP contribution in [0.5, 0.6) is 0 Å². The van der Waals surface area contributed by atoms with Crippen LogP contribution in [0.2, 0.25) is 0 Å². The topological polar surface area (TPSA) is 29.3 Å². The Kier molecular flexibility index (Phi) is 0.725. The highest BCUT2D eigenvalue weighted by Gasteiger charge is 2.51. The van der Waals surface area contributed by atoms with Crippen LogP contribution in [0.4, 0.5) is 0 Å². The fourth-order valence-corrected chi connectivity index (χ4v) is 1.17. The van der Waals surface area contributed by atoms with Crippen LogP contribution in [0.25, 0.3) is 0 Å². The number of carbonyl (C=O) groups is 1. The van der Waals surface area contributed by atoms with Gasteiger partial charge in [-0.3, -0.25) is 4.90 Å². The maximum atomic E-state index is 10.1. The minimum Gasteiger partial charge on any atom is -0.360 e. The minimum absolute atomic E-state index is 0.101. The maximum absolute atomic E-state index is 10.1. The molecule has 3 unspecified atom stereocenters. The lowest BCUT2D eigenvalue weighted by Gasteiger charge is -1.90. The van der Waals surface area contributed by atoms with E-state index in [0.29, 0.717) is 0 Å². The summed E-state index contributed by atoms with van der Waals surface area (Å²) >= 11 is 0. The number of rotatable bonds is 1. The molecule has 2 heterocycles. The number of ether oxygens (including phenoxy) is 1. The molecule has 8 heavy (non-hydrogen) atoms. The number of hydrogen-bond acceptors (Lipinski definition) is 3. The van der Waals surface area contributed by atoms with Gasteiger partial charge in [-0.2, -0.15) is 0 Å². The van der Waals surface area contributed by atoms with Gasteiger partial charge in [0.2, 0.25) is 0 Å². The number of hydrogen-bond donors (Lipinski definition) is 0. The first-order chi connectivity index (χ1) is 3.93. The summed E-state index contributed by atoms with van der Waals surface area (Å²) in [5.74, 6) is 0. The highest BCUT2D eigenvalue weighted by atomic mass is 16.5. The average Bonchev–Trinajstić information content (AvgIpc) is 2.22. The molecule has 0 aromatic heterocycles. The highest BCUT2D eigenvalue weighted by molar-refractivity contribution is 5.63. The van der Waals surface area contributed by atoms with Gasteiger partial charge < -0.3 is 9.53 Å². The van der Waals surface area contributed by atoms with Gasteiger partial charge in [0.05, 0.1) is 6.61 Å². The molecule has 0 N–H and O–H groups in total. The van der Waals surface area contributed by atoms with Crippen molar-refractivity contribution in [1.29, 1.82) is 0 Å². The zero-order valence-corrected chi connectivity index (χ0v) is 4.41. The first-order valence-electron chi connectivity index (χ1n) is 2.76. The average molecular weight is 113 g/mol.